The zero-order valence-corrected chi connectivity index (χ0v) is 10.6. The van der Waals surface area contributed by atoms with E-state index in [0.717, 1.165) is 6.20 Å². The van der Waals surface area contributed by atoms with Crippen LogP contribution in [0.5, 0.6) is 0 Å². The number of aromatic nitrogens is 2. The van der Waals surface area contributed by atoms with Crippen molar-refractivity contribution in [3.63, 3.8) is 0 Å². The van der Waals surface area contributed by atoms with E-state index in [1.54, 1.807) is 4.90 Å². The molecule has 1 aliphatic rings. The molecule has 1 unspecified atom stereocenters. The number of nitro groups is 1. The van der Waals surface area contributed by atoms with E-state index in [2.05, 4.69) is 9.97 Å². The lowest BCUT2D eigenvalue weighted by atomic mass is 9.98. The van der Waals surface area contributed by atoms with Gasteiger partial charge in [0.1, 0.15) is 6.20 Å². The normalized spacial score (nSPS) is 19.2. The van der Waals surface area contributed by atoms with Gasteiger partial charge in [0.2, 0.25) is 11.1 Å². The fraction of sp³-hybridized carbons (Fsp3) is 0.500. The molecular weight excluding hydrogens is 276 g/mol. The monoisotopic (exact) mass is 286 g/mol. The zero-order valence-electron chi connectivity index (χ0n) is 9.82. The van der Waals surface area contributed by atoms with E-state index >= 15 is 0 Å². The van der Waals surface area contributed by atoms with Gasteiger partial charge in [-0.1, -0.05) is 0 Å². The van der Waals surface area contributed by atoms with Crippen LogP contribution in [0.1, 0.15) is 12.8 Å². The van der Waals surface area contributed by atoms with Gasteiger partial charge in [-0.05, 0) is 24.4 Å². The maximum atomic E-state index is 11.0. The Hall–Kier alpha value is -1.96. The molecule has 19 heavy (non-hydrogen) atoms. The van der Waals surface area contributed by atoms with Crippen LogP contribution in [0.4, 0.5) is 11.5 Å². The highest BCUT2D eigenvalue weighted by molar-refractivity contribution is 6.28. The molecule has 0 amide bonds. The van der Waals surface area contributed by atoms with Gasteiger partial charge in [-0.2, -0.15) is 4.98 Å². The Morgan fingerprint density at radius 3 is 3.00 bits per heavy atom. The van der Waals surface area contributed by atoms with Crippen LogP contribution in [0, 0.1) is 16.0 Å². The minimum Gasteiger partial charge on any atom is -0.481 e. The van der Waals surface area contributed by atoms with E-state index in [9.17, 15) is 14.9 Å². The van der Waals surface area contributed by atoms with Crippen molar-refractivity contribution in [2.75, 3.05) is 18.0 Å². The lowest BCUT2D eigenvalue weighted by Crippen LogP contribution is -2.39. The van der Waals surface area contributed by atoms with E-state index in [1.165, 1.54) is 0 Å². The molecule has 0 saturated carbocycles. The summed E-state index contributed by atoms with van der Waals surface area (Å²) in [6.45, 7) is 0.696. The van der Waals surface area contributed by atoms with Crippen LogP contribution in [0.3, 0.4) is 0 Å². The molecule has 2 rings (SSSR count). The summed E-state index contributed by atoms with van der Waals surface area (Å²) in [5.41, 5.74) is -0.268. The maximum absolute atomic E-state index is 11.0. The summed E-state index contributed by atoms with van der Waals surface area (Å²) < 4.78 is 0. The van der Waals surface area contributed by atoms with Crippen LogP contribution in [0.15, 0.2) is 6.20 Å². The highest BCUT2D eigenvalue weighted by Crippen LogP contribution is 2.29. The molecular formula is C10H11ClN4O4. The van der Waals surface area contributed by atoms with Crippen molar-refractivity contribution in [3.05, 3.63) is 21.6 Å². The first-order valence-corrected chi connectivity index (χ1v) is 6.01. The van der Waals surface area contributed by atoms with Gasteiger partial charge in [-0.15, -0.1) is 0 Å². The van der Waals surface area contributed by atoms with Crippen LogP contribution >= 0.6 is 11.6 Å². The Kier molecular flexibility index (Phi) is 3.79. The molecule has 0 aromatic carbocycles. The highest BCUT2D eigenvalue weighted by Gasteiger charge is 2.30. The van der Waals surface area contributed by atoms with Crippen LogP contribution < -0.4 is 4.90 Å². The standard InChI is InChI=1S/C10H11ClN4O4/c11-10-12-4-7(15(18)19)8(13-10)14-3-1-2-6(5-14)9(16)17/h4,6H,1-3,5H2,(H,16,17). The van der Waals surface area contributed by atoms with Crippen molar-refractivity contribution < 1.29 is 14.8 Å². The Morgan fingerprint density at radius 1 is 1.63 bits per heavy atom. The average molecular weight is 287 g/mol. The first-order valence-electron chi connectivity index (χ1n) is 5.63. The second-order valence-electron chi connectivity index (χ2n) is 4.23. The minimum absolute atomic E-state index is 0.0796. The number of hydrogen-bond acceptors (Lipinski definition) is 6. The van der Waals surface area contributed by atoms with E-state index in [0.29, 0.717) is 19.4 Å². The maximum Gasteiger partial charge on any atom is 0.329 e. The summed E-state index contributed by atoms with van der Waals surface area (Å²) in [6, 6.07) is 0. The number of rotatable bonds is 3. The van der Waals surface area contributed by atoms with Crippen LogP contribution in [-0.4, -0.2) is 39.1 Å². The molecule has 1 N–H and O–H groups in total. The Labute approximate surface area is 113 Å². The van der Waals surface area contributed by atoms with Crippen molar-refractivity contribution in [3.8, 4) is 0 Å². The van der Waals surface area contributed by atoms with Crippen LogP contribution in [0.2, 0.25) is 5.28 Å². The quantitative estimate of drug-likeness (QED) is 0.507. The van der Waals surface area contributed by atoms with E-state index in [4.69, 9.17) is 16.7 Å². The molecule has 8 nitrogen and oxygen atoms in total. The van der Waals surface area contributed by atoms with Crippen molar-refractivity contribution in [2.45, 2.75) is 12.8 Å². The second-order valence-corrected chi connectivity index (χ2v) is 4.57. The number of aliphatic carboxylic acids is 1. The summed E-state index contributed by atoms with van der Waals surface area (Å²) in [5.74, 6) is -1.38. The van der Waals surface area contributed by atoms with E-state index in [-0.39, 0.29) is 23.3 Å². The third kappa shape index (κ3) is 2.90. The summed E-state index contributed by atoms with van der Waals surface area (Å²) in [5, 5.41) is 19.8. The molecule has 0 radical (unpaired) electrons. The van der Waals surface area contributed by atoms with Gasteiger partial charge in [0, 0.05) is 13.1 Å². The molecule has 0 bridgehead atoms. The number of carbonyl (C=O) groups is 1. The molecule has 0 spiro atoms. The number of piperidine rings is 1. The Balaban J connectivity index is 2.32. The zero-order chi connectivity index (χ0) is 14.0. The fourth-order valence-electron chi connectivity index (χ4n) is 2.08. The molecule has 102 valence electrons. The number of nitrogens with zero attached hydrogens (tertiary/aromatic N) is 4. The lowest BCUT2D eigenvalue weighted by Gasteiger charge is -2.31. The van der Waals surface area contributed by atoms with Crippen LogP contribution in [0.25, 0.3) is 0 Å². The summed E-state index contributed by atoms with van der Waals surface area (Å²) in [4.78, 5) is 30.3. The molecule has 1 aliphatic heterocycles. The first-order chi connectivity index (χ1) is 8.99. The molecule has 1 atom stereocenters. The van der Waals surface area contributed by atoms with Gasteiger partial charge in [-0.3, -0.25) is 14.9 Å². The topological polar surface area (TPSA) is 109 Å². The molecule has 9 heteroatoms. The fourth-order valence-corrected chi connectivity index (χ4v) is 2.21. The van der Waals surface area contributed by atoms with Gasteiger partial charge in [0.25, 0.3) is 0 Å². The lowest BCUT2D eigenvalue weighted by molar-refractivity contribution is -0.384. The summed E-state index contributed by atoms with van der Waals surface area (Å²) in [7, 11) is 0. The predicted octanol–water partition coefficient (Wildman–Crippen LogP) is 1.34. The molecule has 0 aliphatic carbocycles. The number of halogens is 1. The van der Waals surface area contributed by atoms with Gasteiger partial charge in [0.05, 0.1) is 10.8 Å². The highest BCUT2D eigenvalue weighted by atomic mass is 35.5. The van der Waals surface area contributed by atoms with Crippen molar-refractivity contribution in [1.29, 1.82) is 0 Å². The summed E-state index contributed by atoms with van der Waals surface area (Å²) in [6.07, 6.45) is 2.23. The third-order valence-electron chi connectivity index (χ3n) is 2.99. The van der Waals surface area contributed by atoms with Crippen molar-refractivity contribution >= 4 is 29.1 Å². The van der Waals surface area contributed by atoms with Gasteiger partial charge >= 0.3 is 11.7 Å². The van der Waals surface area contributed by atoms with Gasteiger partial charge in [0.15, 0.2) is 0 Å². The second kappa shape index (κ2) is 5.35. The molecule has 1 aromatic rings. The largest absolute Gasteiger partial charge is 0.481 e. The van der Waals surface area contributed by atoms with E-state index < -0.39 is 16.8 Å². The van der Waals surface area contributed by atoms with Crippen molar-refractivity contribution in [1.82, 2.24) is 9.97 Å². The molecule has 1 fully saturated rings. The predicted molar refractivity (Wildman–Crippen MR) is 66.3 cm³/mol. The number of anilines is 1. The number of hydrogen-bond donors (Lipinski definition) is 1. The molecule has 1 aromatic heterocycles. The van der Waals surface area contributed by atoms with Gasteiger partial charge in [-0.25, -0.2) is 4.98 Å². The smallest absolute Gasteiger partial charge is 0.329 e. The first kappa shape index (κ1) is 13.5. The molecule has 1 saturated heterocycles. The minimum atomic E-state index is -0.910. The van der Waals surface area contributed by atoms with Crippen LogP contribution in [-0.2, 0) is 4.79 Å². The number of carboxylic acid groups (broad SMARTS) is 1. The Morgan fingerprint density at radius 2 is 2.37 bits per heavy atom. The molecule has 2 heterocycles. The third-order valence-corrected chi connectivity index (χ3v) is 3.17. The van der Waals surface area contributed by atoms with E-state index in [1.807, 2.05) is 0 Å². The van der Waals surface area contributed by atoms with Crippen molar-refractivity contribution in [2.24, 2.45) is 5.92 Å². The SMILES string of the molecule is O=C(O)C1CCCN(c2nc(Cl)ncc2[N+](=O)[O-])C1. The Bertz CT molecular complexity index is 524. The average Bonchev–Trinajstić information content (AvgIpc) is 2.38. The van der Waals surface area contributed by atoms with Gasteiger partial charge < -0.3 is 10.0 Å². The summed E-state index contributed by atoms with van der Waals surface area (Å²) >= 11 is 5.65. The number of carboxylic acids is 1.